The Morgan fingerprint density at radius 2 is 1.50 bits per heavy atom. The molecule has 0 saturated heterocycles. The van der Waals surface area contributed by atoms with Crippen LogP contribution in [-0.4, -0.2) is 26.4 Å². The van der Waals surface area contributed by atoms with Crippen molar-refractivity contribution in [2.75, 3.05) is 11.5 Å². The van der Waals surface area contributed by atoms with Crippen LogP contribution in [0.5, 0.6) is 0 Å². The Hall–Kier alpha value is 0.670. The summed E-state index contributed by atoms with van der Waals surface area (Å²) in [6.07, 6.45) is 3.71. The van der Waals surface area contributed by atoms with Crippen LogP contribution in [0, 0.1) is 0 Å². The van der Waals surface area contributed by atoms with Gasteiger partial charge in [0.15, 0.2) is 0 Å². The van der Waals surface area contributed by atoms with Gasteiger partial charge < -0.3 is 5.11 Å². The highest BCUT2D eigenvalue weighted by Crippen LogP contribution is 2.38. The Morgan fingerprint density at radius 3 is 1.81 bits per heavy atom. The van der Waals surface area contributed by atoms with Crippen molar-refractivity contribution in [3.05, 3.63) is 0 Å². The first kappa shape index (κ1) is 16.7. The van der Waals surface area contributed by atoms with Crippen molar-refractivity contribution < 1.29 is 9.90 Å². The zero-order valence-electron chi connectivity index (χ0n) is 9.68. The number of rotatable bonds is 10. The van der Waals surface area contributed by atoms with Crippen LogP contribution in [0.15, 0.2) is 0 Å². The third-order valence-electron chi connectivity index (χ3n) is 1.56. The first-order valence-corrected chi connectivity index (χ1v) is 9.89. The molecule has 0 saturated carbocycles. The van der Waals surface area contributed by atoms with Gasteiger partial charge in [0.2, 0.25) is 0 Å². The van der Waals surface area contributed by atoms with Gasteiger partial charge in [-0.25, -0.2) is 4.79 Å². The first-order chi connectivity index (χ1) is 7.72. The fourth-order valence-corrected chi connectivity index (χ4v) is 5.81. The summed E-state index contributed by atoms with van der Waals surface area (Å²) in [7, 11) is 5.85. The standard InChI is InChI=1S/C9H19NO2S4/c1-3-5-7-13-15-10(9(11)12)16-14-8-6-4-2/h3-8H2,1-2H3,(H,11,12). The predicted molar refractivity (Wildman–Crippen MR) is 79.8 cm³/mol. The van der Waals surface area contributed by atoms with Gasteiger partial charge in [0.25, 0.3) is 0 Å². The Morgan fingerprint density at radius 1 is 1.06 bits per heavy atom. The third-order valence-corrected chi connectivity index (χ3v) is 6.80. The zero-order chi connectivity index (χ0) is 12.2. The lowest BCUT2D eigenvalue weighted by atomic mass is 10.4. The molecule has 0 bridgehead atoms. The summed E-state index contributed by atoms with van der Waals surface area (Å²) in [6.45, 7) is 4.27. The van der Waals surface area contributed by atoms with E-state index in [-0.39, 0.29) is 0 Å². The largest absolute Gasteiger partial charge is 0.464 e. The average molecular weight is 302 g/mol. The lowest BCUT2D eigenvalue weighted by Gasteiger charge is -2.13. The van der Waals surface area contributed by atoms with Gasteiger partial charge in [-0.3, -0.25) is 0 Å². The molecule has 3 nitrogen and oxygen atoms in total. The minimum absolute atomic E-state index is 0.872. The first-order valence-electron chi connectivity index (χ1n) is 5.34. The highest BCUT2D eigenvalue weighted by molar-refractivity contribution is 8.83. The maximum Gasteiger partial charge on any atom is 0.429 e. The molecule has 0 unspecified atom stereocenters. The van der Waals surface area contributed by atoms with E-state index in [2.05, 4.69) is 13.8 Å². The van der Waals surface area contributed by atoms with Crippen LogP contribution in [0.2, 0.25) is 0 Å². The number of amides is 1. The molecule has 96 valence electrons. The van der Waals surface area contributed by atoms with E-state index in [1.54, 1.807) is 21.6 Å². The number of nitrogens with zero attached hydrogens (tertiary/aromatic N) is 1. The number of unbranched alkanes of at least 4 members (excludes halogenated alkanes) is 2. The van der Waals surface area contributed by atoms with Crippen molar-refractivity contribution in [3.63, 3.8) is 0 Å². The molecule has 1 N–H and O–H groups in total. The number of carboxylic acid groups (broad SMARTS) is 1. The van der Waals surface area contributed by atoms with Crippen LogP contribution in [0.3, 0.4) is 0 Å². The van der Waals surface area contributed by atoms with E-state index in [0.29, 0.717) is 0 Å². The molecule has 0 aliphatic heterocycles. The molecular weight excluding hydrogens is 282 g/mol. The van der Waals surface area contributed by atoms with E-state index < -0.39 is 6.09 Å². The monoisotopic (exact) mass is 301 g/mol. The maximum atomic E-state index is 10.9. The number of carbonyl (C=O) groups is 1. The van der Waals surface area contributed by atoms with E-state index in [1.165, 1.54) is 25.7 Å². The second kappa shape index (κ2) is 12.1. The Kier molecular flexibility index (Phi) is 12.6. The second-order valence-corrected chi connectivity index (χ2v) is 7.90. The summed E-state index contributed by atoms with van der Waals surface area (Å²) in [5, 5.41) is 8.94. The van der Waals surface area contributed by atoms with Crippen molar-refractivity contribution in [1.29, 1.82) is 0 Å². The van der Waals surface area contributed by atoms with E-state index >= 15 is 0 Å². The minimum atomic E-state index is -0.872. The molecule has 1 amide bonds. The normalized spacial score (nSPS) is 10.4. The Bertz CT molecular complexity index is 171. The van der Waals surface area contributed by atoms with Gasteiger partial charge in [-0.2, -0.15) is 3.71 Å². The summed E-state index contributed by atoms with van der Waals surface area (Å²) >= 11 is 0. The molecule has 0 spiro atoms. The van der Waals surface area contributed by atoms with Crippen molar-refractivity contribution >= 4 is 49.6 Å². The van der Waals surface area contributed by atoms with Gasteiger partial charge in [-0.1, -0.05) is 48.3 Å². The lowest BCUT2D eigenvalue weighted by molar-refractivity contribution is 0.191. The molecule has 0 aromatic heterocycles. The van der Waals surface area contributed by atoms with Gasteiger partial charge >= 0.3 is 6.09 Å². The molecular formula is C9H19NO2S4. The summed E-state index contributed by atoms with van der Waals surface area (Å²) in [5.41, 5.74) is 0. The Labute approximate surface area is 114 Å². The topological polar surface area (TPSA) is 40.5 Å². The van der Waals surface area contributed by atoms with E-state index in [0.717, 1.165) is 37.2 Å². The summed E-state index contributed by atoms with van der Waals surface area (Å²) in [5.74, 6) is 2.01. The van der Waals surface area contributed by atoms with Gasteiger partial charge in [0.1, 0.15) is 0 Å². The summed E-state index contributed by atoms with van der Waals surface area (Å²) < 4.78 is 1.33. The van der Waals surface area contributed by atoms with Crippen LogP contribution in [0.4, 0.5) is 4.79 Å². The van der Waals surface area contributed by atoms with Crippen molar-refractivity contribution in [2.45, 2.75) is 39.5 Å². The fraction of sp³-hybridized carbons (Fsp3) is 0.889. The van der Waals surface area contributed by atoms with Crippen LogP contribution in [0.1, 0.15) is 39.5 Å². The molecule has 0 aliphatic rings. The van der Waals surface area contributed by atoms with E-state index in [4.69, 9.17) is 5.11 Å². The molecule has 7 heteroatoms. The van der Waals surface area contributed by atoms with Gasteiger partial charge in [0, 0.05) is 33.5 Å². The number of hydrogen-bond donors (Lipinski definition) is 1. The minimum Gasteiger partial charge on any atom is -0.464 e. The molecule has 0 heterocycles. The SMILES string of the molecule is CCCCSSN(SSCCCC)C(=O)O. The summed E-state index contributed by atoms with van der Waals surface area (Å²) in [4.78, 5) is 10.9. The molecule has 0 fully saturated rings. The summed E-state index contributed by atoms with van der Waals surface area (Å²) in [6, 6.07) is 0. The van der Waals surface area contributed by atoms with Crippen molar-refractivity contribution in [2.24, 2.45) is 0 Å². The van der Waals surface area contributed by atoms with Crippen LogP contribution in [-0.2, 0) is 0 Å². The van der Waals surface area contributed by atoms with Gasteiger partial charge in [-0.05, 0) is 12.8 Å². The molecule has 0 aliphatic carbocycles. The molecule has 16 heavy (non-hydrogen) atoms. The molecule has 0 radical (unpaired) electrons. The second-order valence-electron chi connectivity index (χ2n) is 3.04. The molecule has 0 aromatic rings. The molecule has 0 rings (SSSR count). The molecule has 0 aromatic carbocycles. The van der Waals surface area contributed by atoms with Crippen LogP contribution >= 0.6 is 43.5 Å². The maximum absolute atomic E-state index is 10.9. The van der Waals surface area contributed by atoms with Gasteiger partial charge in [-0.15, -0.1) is 0 Å². The quantitative estimate of drug-likeness (QED) is 0.341. The highest BCUT2D eigenvalue weighted by atomic mass is 33.1. The van der Waals surface area contributed by atoms with E-state index in [9.17, 15) is 4.79 Å². The fourth-order valence-electron chi connectivity index (χ4n) is 0.653. The Balaban J connectivity index is 3.59. The predicted octanol–water partition coefficient (Wildman–Crippen LogP) is 5.16. The van der Waals surface area contributed by atoms with Crippen LogP contribution in [0.25, 0.3) is 0 Å². The van der Waals surface area contributed by atoms with Crippen molar-refractivity contribution in [1.82, 2.24) is 3.71 Å². The average Bonchev–Trinajstić information content (AvgIpc) is 2.26. The zero-order valence-corrected chi connectivity index (χ0v) is 12.9. The third kappa shape index (κ3) is 9.86. The van der Waals surface area contributed by atoms with E-state index in [1.807, 2.05) is 0 Å². The number of hydrogen-bond acceptors (Lipinski definition) is 5. The molecule has 0 atom stereocenters. The van der Waals surface area contributed by atoms with Gasteiger partial charge in [0.05, 0.1) is 0 Å². The van der Waals surface area contributed by atoms with Crippen LogP contribution < -0.4 is 0 Å². The lowest BCUT2D eigenvalue weighted by Crippen LogP contribution is -2.11. The van der Waals surface area contributed by atoms with Crippen molar-refractivity contribution in [3.8, 4) is 0 Å². The smallest absolute Gasteiger partial charge is 0.429 e. The highest BCUT2D eigenvalue weighted by Gasteiger charge is 2.14.